The van der Waals surface area contributed by atoms with Gasteiger partial charge in [0, 0.05) is 30.5 Å². The average molecular weight is 352 g/mol. The summed E-state index contributed by atoms with van der Waals surface area (Å²) < 4.78 is 0. The Kier molecular flexibility index (Phi) is 6.38. The van der Waals surface area contributed by atoms with Gasteiger partial charge in [-0.3, -0.25) is 14.6 Å². The molecule has 0 saturated heterocycles. The molecule has 0 saturated carbocycles. The van der Waals surface area contributed by atoms with Crippen LogP contribution in [-0.4, -0.2) is 29.9 Å². The minimum absolute atomic E-state index is 0.192. The molecule has 5 nitrogen and oxygen atoms in total. The third-order valence-corrected chi connectivity index (χ3v) is 3.59. The predicted molar refractivity (Wildman–Crippen MR) is 90.0 cm³/mol. The number of rotatable bonds is 6. The van der Waals surface area contributed by atoms with Gasteiger partial charge in [-0.25, -0.2) is 0 Å². The van der Waals surface area contributed by atoms with Gasteiger partial charge in [0.25, 0.3) is 11.8 Å². The van der Waals surface area contributed by atoms with Crippen LogP contribution >= 0.6 is 23.2 Å². The van der Waals surface area contributed by atoms with E-state index in [1.807, 2.05) is 0 Å². The van der Waals surface area contributed by atoms with Crippen molar-refractivity contribution in [3.63, 3.8) is 0 Å². The molecule has 0 aliphatic carbocycles. The van der Waals surface area contributed by atoms with Crippen molar-refractivity contribution in [3.05, 3.63) is 63.9 Å². The molecule has 1 aromatic heterocycles. The summed E-state index contributed by atoms with van der Waals surface area (Å²) in [5.74, 6) is -0.488. The molecule has 0 bridgehead atoms. The summed E-state index contributed by atoms with van der Waals surface area (Å²) in [7, 11) is 0. The molecule has 2 rings (SSSR count). The second-order valence-electron chi connectivity index (χ2n) is 4.73. The zero-order valence-electron chi connectivity index (χ0n) is 12.2. The molecule has 0 spiro atoms. The number of pyridine rings is 1. The smallest absolute Gasteiger partial charge is 0.252 e. The Morgan fingerprint density at radius 1 is 1.04 bits per heavy atom. The minimum Gasteiger partial charge on any atom is -0.352 e. The van der Waals surface area contributed by atoms with Gasteiger partial charge in [-0.05, 0) is 36.8 Å². The molecule has 0 fully saturated rings. The first-order valence-corrected chi connectivity index (χ1v) is 7.75. The van der Waals surface area contributed by atoms with Crippen molar-refractivity contribution in [1.29, 1.82) is 0 Å². The lowest BCUT2D eigenvalue weighted by Gasteiger charge is -2.08. The van der Waals surface area contributed by atoms with Crippen LogP contribution in [0.2, 0.25) is 10.0 Å². The van der Waals surface area contributed by atoms with Crippen LogP contribution in [0.3, 0.4) is 0 Å². The number of nitrogens with zero attached hydrogens (tertiary/aromatic N) is 1. The highest BCUT2D eigenvalue weighted by atomic mass is 35.5. The number of hydrogen-bond donors (Lipinski definition) is 2. The second-order valence-corrected chi connectivity index (χ2v) is 5.57. The third kappa shape index (κ3) is 5.23. The van der Waals surface area contributed by atoms with Crippen molar-refractivity contribution in [2.75, 3.05) is 13.1 Å². The SMILES string of the molecule is O=C(NCCCNC(=O)c1cc(Cl)ccc1Cl)c1cccnc1. The van der Waals surface area contributed by atoms with E-state index < -0.39 is 0 Å². The molecule has 0 radical (unpaired) electrons. The van der Waals surface area contributed by atoms with Crippen LogP contribution in [0.4, 0.5) is 0 Å². The first-order valence-electron chi connectivity index (χ1n) is 6.99. The van der Waals surface area contributed by atoms with Crippen LogP contribution in [0.1, 0.15) is 27.1 Å². The Labute approximate surface area is 144 Å². The lowest BCUT2D eigenvalue weighted by molar-refractivity contribution is 0.0951. The van der Waals surface area contributed by atoms with Gasteiger partial charge in [-0.15, -0.1) is 0 Å². The molecule has 1 heterocycles. The number of halogens is 2. The monoisotopic (exact) mass is 351 g/mol. The molecule has 0 aliphatic heterocycles. The van der Waals surface area contributed by atoms with Gasteiger partial charge < -0.3 is 10.6 Å². The maximum absolute atomic E-state index is 12.0. The first-order chi connectivity index (χ1) is 11.1. The molecule has 1 aromatic carbocycles. The van der Waals surface area contributed by atoms with Crippen molar-refractivity contribution >= 4 is 35.0 Å². The van der Waals surface area contributed by atoms with Gasteiger partial charge in [0.15, 0.2) is 0 Å². The van der Waals surface area contributed by atoms with Crippen molar-refractivity contribution < 1.29 is 9.59 Å². The van der Waals surface area contributed by atoms with E-state index in [-0.39, 0.29) is 11.8 Å². The summed E-state index contributed by atoms with van der Waals surface area (Å²) in [6, 6.07) is 8.10. The van der Waals surface area contributed by atoms with Crippen LogP contribution in [0.5, 0.6) is 0 Å². The van der Waals surface area contributed by atoms with E-state index in [2.05, 4.69) is 15.6 Å². The molecule has 7 heteroatoms. The minimum atomic E-state index is -0.295. The van der Waals surface area contributed by atoms with E-state index in [1.54, 1.807) is 30.5 Å². The van der Waals surface area contributed by atoms with Crippen LogP contribution in [0.15, 0.2) is 42.7 Å². The van der Waals surface area contributed by atoms with E-state index in [0.29, 0.717) is 40.7 Å². The topological polar surface area (TPSA) is 71.1 Å². The largest absolute Gasteiger partial charge is 0.352 e. The molecule has 2 amide bonds. The highest BCUT2D eigenvalue weighted by molar-refractivity contribution is 6.35. The Hall–Kier alpha value is -2.11. The maximum atomic E-state index is 12.0. The van der Waals surface area contributed by atoms with E-state index in [1.165, 1.54) is 12.3 Å². The molecule has 120 valence electrons. The zero-order valence-corrected chi connectivity index (χ0v) is 13.7. The van der Waals surface area contributed by atoms with Crippen LogP contribution in [-0.2, 0) is 0 Å². The summed E-state index contributed by atoms with van der Waals surface area (Å²) >= 11 is 11.8. The number of hydrogen-bond acceptors (Lipinski definition) is 3. The molecule has 2 aromatic rings. The van der Waals surface area contributed by atoms with Crippen LogP contribution in [0, 0.1) is 0 Å². The molecule has 23 heavy (non-hydrogen) atoms. The van der Waals surface area contributed by atoms with Gasteiger partial charge in [-0.2, -0.15) is 0 Å². The highest BCUT2D eigenvalue weighted by Crippen LogP contribution is 2.20. The number of carbonyl (C=O) groups excluding carboxylic acids is 2. The van der Waals surface area contributed by atoms with Gasteiger partial charge in [0.2, 0.25) is 0 Å². The molecule has 0 atom stereocenters. The Bertz CT molecular complexity index is 693. The summed E-state index contributed by atoms with van der Waals surface area (Å²) in [4.78, 5) is 27.6. The summed E-state index contributed by atoms with van der Waals surface area (Å²) in [6.45, 7) is 0.853. The van der Waals surface area contributed by atoms with Gasteiger partial charge in [0.1, 0.15) is 0 Å². The fourth-order valence-corrected chi connectivity index (χ4v) is 2.23. The Balaban J connectivity index is 1.72. The van der Waals surface area contributed by atoms with E-state index >= 15 is 0 Å². The zero-order chi connectivity index (χ0) is 16.7. The number of nitrogens with one attached hydrogen (secondary N) is 2. The fourth-order valence-electron chi connectivity index (χ4n) is 1.86. The normalized spacial score (nSPS) is 10.2. The van der Waals surface area contributed by atoms with E-state index in [4.69, 9.17) is 23.2 Å². The van der Waals surface area contributed by atoms with Gasteiger partial charge in [0.05, 0.1) is 16.1 Å². The van der Waals surface area contributed by atoms with E-state index in [9.17, 15) is 9.59 Å². The van der Waals surface area contributed by atoms with Gasteiger partial charge >= 0.3 is 0 Å². The quantitative estimate of drug-likeness (QED) is 0.786. The fraction of sp³-hybridized carbons (Fsp3) is 0.188. The third-order valence-electron chi connectivity index (χ3n) is 3.02. The number of aromatic nitrogens is 1. The predicted octanol–water partition coefficient (Wildman–Crippen LogP) is 2.94. The average Bonchev–Trinajstić information content (AvgIpc) is 2.57. The lowest BCUT2D eigenvalue weighted by Crippen LogP contribution is -2.30. The second kappa shape index (κ2) is 8.50. The molecule has 2 N–H and O–H groups in total. The maximum Gasteiger partial charge on any atom is 0.252 e. The molecular weight excluding hydrogens is 337 g/mol. The van der Waals surface area contributed by atoms with Crippen LogP contribution in [0.25, 0.3) is 0 Å². The lowest BCUT2D eigenvalue weighted by atomic mass is 10.2. The van der Waals surface area contributed by atoms with Gasteiger partial charge in [-0.1, -0.05) is 23.2 Å². The Morgan fingerprint density at radius 2 is 1.78 bits per heavy atom. The van der Waals surface area contributed by atoms with Crippen molar-refractivity contribution in [3.8, 4) is 0 Å². The first kappa shape index (κ1) is 17.2. The van der Waals surface area contributed by atoms with E-state index in [0.717, 1.165) is 0 Å². The molecular formula is C16H15Cl2N3O2. The van der Waals surface area contributed by atoms with Crippen molar-refractivity contribution in [2.45, 2.75) is 6.42 Å². The summed E-state index contributed by atoms with van der Waals surface area (Å²) in [5, 5.41) is 6.28. The number of amides is 2. The van der Waals surface area contributed by atoms with Crippen LogP contribution < -0.4 is 10.6 Å². The van der Waals surface area contributed by atoms with Crippen molar-refractivity contribution in [1.82, 2.24) is 15.6 Å². The standard InChI is InChI=1S/C16H15Cl2N3O2/c17-12-4-5-14(18)13(9-12)16(23)21-8-2-7-20-15(22)11-3-1-6-19-10-11/h1,3-6,9-10H,2,7-8H2,(H,20,22)(H,21,23). The summed E-state index contributed by atoms with van der Waals surface area (Å²) in [6.07, 6.45) is 3.70. The number of carbonyl (C=O) groups is 2. The molecule has 0 unspecified atom stereocenters. The summed E-state index contributed by atoms with van der Waals surface area (Å²) in [5.41, 5.74) is 0.834. The Morgan fingerprint density at radius 3 is 2.48 bits per heavy atom. The highest BCUT2D eigenvalue weighted by Gasteiger charge is 2.10. The number of benzene rings is 1. The molecule has 0 aliphatic rings. The van der Waals surface area contributed by atoms with Crippen molar-refractivity contribution in [2.24, 2.45) is 0 Å².